The number of carbonyl (C=O) groups is 1. The second kappa shape index (κ2) is 8.92. The minimum Gasteiger partial charge on any atom is -0.493 e. The van der Waals surface area contributed by atoms with E-state index in [1.807, 2.05) is 26.0 Å². The second-order valence-corrected chi connectivity index (χ2v) is 9.06. The Morgan fingerprint density at radius 3 is 2.26 bits per heavy atom. The highest BCUT2D eigenvalue weighted by atomic mass is 16.5. The van der Waals surface area contributed by atoms with Crippen LogP contribution in [0.3, 0.4) is 0 Å². The Morgan fingerprint density at radius 2 is 1.66 bits per heavy atom. The smallest absolute Gasteiger partial charge is 0.291 e. The van der Waals surface area contributed by atoms with E-state index in [0.717, 1.165) is 24.0 Å². The maximum absolute atomic E-state index is 13.9. The number of amides is 1. The highest BCUT2D eigenvalue weighted by Gasteiger charge is 2.44. The lowest BCUT2D eigenvalue weighted by Crippen LogP contribution is -2.36. The van der Waals surface area contributed by atoms with Crippen molar-refractivity contribution in [3.8, 4) is 17.2 Å². The molecule has 2 atom stereocenters. The zero-order valence-electron chi connectivity index (χ0n) is 20.6. The number of hydrogen-bond donors (Lipinski definition) is 0. The van der Waals surface area contributed by atoms with Crippen molar-refractivity contribution in [2.75, 3.05) is 34.5 Å². The molecule has 0 spiro atoms. The molecule has 3 aromatic rings. The van der Waals surface area contributed by atoms with Crippen molar-refractivity contribution in [1.82, 2.24) is 4.90 Å². The van der Waals surface area contributed by atoms with Gasteiger partial charge in [0, 0.05) is 13.2 Å². The van der Waals surface area contributed by atoms with Gasteiger partial charge in [0.05, 0.1) is 44.4 Å². The summed E-state index contributed by atoms with van der Waals surface area (Å²) in [7, 11) is 4.60. The van der Waals surface area contributed by atoms with E-state index in [9.17, 15) is 9.59 Å². The van der Waals surface area contributed by atoms with Crippen molar-refractivity contribution in [2.45, 2.75) is 38.8 Å². The van der Waals surface area contributed by atoms with E-state index in [2.05, 4.69) is 0 Å². The summed E-state index contributed by atoms with van der Waals surface area (Å²) in [6.45, 7) is 4.91. The third-order valence-corrected chi connectivity index (χ3v) is 7.01. The molecule has 2 aromatic carbocycles. The van der Waals surface area contributed by atoms with Crippen LogP contribution in [-0.4, -0.2) is 51.4 Å². The van der Waals surface area contributed by atoms with Crippen LogP contribution in [0.2, 0.25) is 0 Å². The molecule has 3 heterocycles. The predicted octanol–water partition coefficient (Wildman–Crippen LogP) is 4.16. The van der Waals surface area contributed by atoms with Gasteiger partial charge in [-0.15, -0.1) is 0 Å². The minimum atomic E-state index is -0.683. The van der Waals surface area contributed by atoms with Gasteiger partial charge in [0.1, 0.15) is 5.58 Å². The van der Waals surface area contributed by atoms with E-state index in [0.29, 0.717) is 52.5 Å². The molecule has 1 amide bonds. The topological polar surface area (TPSA) is 87.4 Å². The number of carbonyl (C=O) groups excluding carboxylic acids is 1. The number of rotatable bonds is 6. The van der Waals surface area contributed by atoms with Crippen LogP contribution in [0.4, 0.5) is 0 Å². The summed E-state index contributed by atoms with van der Waals surface area (Å²) in [6, 6.07) is 6.52. The molecule has 0 aliphatic carbocycles. The van der Waals surface area contributed by atoms with Crippen molar-refractivity contribution in [3.05, 3.63) is 62.5 Å². The summed E-state index contributed by atoms with van der Waals surface area (Å²) in [6.07, 6.45) is 1.68. The summed E-state index contributed by atoms with van der Waals surface area (Å²) in [5, 5.41) is 0.455. The quantitative estimate of drug-likeness (QED) is 0.525. The number of benzene rings is 2. The molecule has 0 unspecified atom stereocenters. The summed E-state index contributed by atoms with van der Waals surface area (Å²) in [4.78, 5) is 29.2. The van der Waals surface area contributed by atoms with E-state index in [-0.39, 0.29) is 23.2 Å². The summed E-state index contributed by atoms with van der Waals surface area (Å²) in [5.41, 5.74) is 3.15. The van der Waals surface area contributed by atoms with Crippen molar-refractivity contribution in [3.63, 3.8) is 0 Å². The van der Waals surface area contributed by atoms with Gasteiger partial charge in [-0.3, -0.25) is 9.59 Å². The second-order valence-electron chi connectivity index (χ2n) is 9.06. The fraction of sp³-hybridized carbons (Fsp3) is 0.407. The van der Waals surface area contributed by atoms with Crippen LogP contribution in [0.1, 0.15) is 51.7 Å². The van der Waals surface area contributed by atoms with E-state index >= 15 is 0 Å². The molecular formula is C27H29NO7. The molecule has 2 aliphatic heterocycles. The average molecular weight is 480 g/mol. The van der Waals surface area contributed by atoms with Crippen LogP contribution in [0, 0.1) is 13.8 Å². The molecule has 5 rings (SSSR count). The molecule has 35 heavy (non-hydrogen) atoms. The lowest BCUT2D eigenvalue weighted by molar-refractivity contribution is 0.0486. The molecule has 0 saturated carbocycles. The predicted molar refractivity (Wildman–Crippen MR) is 130 cm³/mol. The molecule has 2 aliphatic rings. The fourth-order valence-electron chi connectivity index (χ4n) is 5.08. The van der Waals surface area contributed by atoms with Crippen LogP contribution in [0.5, 0.6) is 17.2 Å². The normalized spacial score (nSPS) is 19.3. The third kappa shape index (κ3) is 3.72. The van der Waals surface area contributed by atoms with Crippen LogP contribution in [-0.2, 0) is 4.74 Å². The average Bonchev–Trinajstić information content (AvgIpc) is 3.47. The Bertz CT molecular complexity index is 1350. The first-order valence-corrected chi connectivity index (χ1v) is 11.7. The van der Waals surface area contributed by atoms with Gasteiger partial charge in [0.15, 0.2) is 16.9 Å². The standard InChI is InChI=1S/C27H29NO7/c1-14-9-18-19(10-15(14)2)35-26-22(24(18)29)23(28(27(26)30)13-17-7-6-8-34-17)16-11-20(31-3)25(33-5)21(12-16)32-4/h9-12,17,23H,6-8,13H2,1-5H3/t17-,23-/m1/s1. The Hall–Kier alpha value is -3.52. The molecule has 0 bridgehead atoms. The molecular weight excluding hydrogens is 450 g/mol. The number of aryl methyl sites for hydroxylation is 2. The van der Waals surface area contributed by atoms with Crippen molar-refractivity contribution >= 4 is 16.9 Å². The number of ether oxygens (including phenoxy) is 4. The van der Waals surface area contributed by atoms with Gasteiger partial charge in [0.25, 0.3) is 5.91 Å². The van der Waals surface area contributed by atoms with Gasteiger partial charge >= 0.3 is 0 Å². The highest BCUT2D eigenvalue weighted by Crippen LogP contribution is 2.45. The van der Waals surface area contributed by atoms with E-state index in [1.165, 1.54) is 21.3 Å². The molecule has 1 fully saturated rings. The largest absolute Gasteiger partial charge is 0.493 e. The molecule has 0 radical (unpaired) electrons. The summed E-state index contributed by atoms with van der Waals surface area (Å²) >= 11 is 0. The number of fused-ring (bicyclic) bond motifs is 2. The maximum Gasteiger partial charge on any atom is 0.291 e. The zero-order chi connectivity index (χ0) is 24.9. The molecule has 1 saturated heterocycles. The monoisotopic (exact) mass is 479 g/mol. The van der Waals surface area contributed by atoms with E-state index < -0.39 is 6.04 Å². The molecule has 8 heteroatoms. The number of nitrogens with zero attached hydrogens (tertiary/aromatic N) is 1. The Labute approximate surface area is 203 Å². The zero-order valence-corrected chi connectivity index (χ0v) is 20.6. The fourth-order valence-corrected chi connectivity index (χ4v) is 5.08. The van der Waals surface area contributed by atoms with Gasteiger partial charge in [-0.05, 0) is 67.6 Å². The number of hydrogen-bond acceptors (Lipinski definition) is 7. The van der Waals surface area contributed by atoms with Crippen LogP contribution in [0.15, 0.2) is 33.5 Å². The minimum absolute atomic E-state index is 0.0718. The first-order chi connectivity index (χ1) is 16.9. The lowest BCUT2D eigenvalue weighted by Gasteiger charge is -2.28. The van der Waals surface area contributed by atoms with Gasteiger partial charge in [-0.25, -0.2) is 0 Å². The first kappa shape index (κ1) is 23.2. The van der Waals surface area contributed by atoms with Gasteiger partial charge < -0.3 is 28.3 Å². The van der Waals surface area contributed by atoms with Gasteiger partial charge in [-0.1, -0.05) is 0 Å². The van der Waals surface area contributed by atoms with Crippen LogP contribution >= 0.6 is 0 Å². The molecule has 1 aromatic heterocycles. The van der Waals surface area contributed by atoms with Gasteiger partial charge in [0.2, 0.25) is 11.5 Å². The SMILES string of the molecule is COc1cc([C@@H]2c3c(oc4cc(C)c(C)cc4c3=O)C(=O)N2C[C@H]2CCCO2)cc(OC)c1OC. The van der Waals surface area contributed by atoms with Crippen molar-refractivity contribution in [2.24, 2.45) is 0 Å². The van der Waals surface area contributed by atoms with Crippen molar-refractivity contribution in [1.29, 1.82) is 0 Å². The van der Waals surface area contributed by atoms with Gasteiger partial charge in [-0.2, -0.15) is 0 Å². The van der Waals surface area contributed by atoms with Crippen molar-refractivity contribution < 1.29 is 28.2 Å². The summed E-state index contributed by atoms with van der Waals surface area (Å²) < 4.78 is 28.5. The Kier molecular flexibility index (Phi) is 5.92. The Morgan fingerprint density at radius 1 is 0.971 bits per heavy atom. The van der Waals surface area contributed by atoms with E-state index in [4.69, 9.17) is 23.4 Å². The summed E-state index contributed by atoms with van der Waals surface area (Å²) in [5.74, 6) is 1.06. The maximum atomic E-state index is 13.9. The number of methoxy groups -OCH3 is 3. The van der Waals surface area contributed by atoms with E-state index in [1.54, 1.807) is 17.0 Å². The highest BCUT2D eigenvalue weighted by molar-refractivity contribution is 5.99. The first-order valence-electron chi connectivity index (χ1n) is 11.7. The molecule has 0 N–H and O–H groups in total. The van der Waals surface area contributed by atoms with Crippen LogP contribution < -0.4 is 19.6 Å². The molecule has 184 valence electrons. The van der Waals surface area contributed by atoms with Crippen LogP contribution in [0.25, 0.3) is 11.0 Å². The third-order valence-electron chi connectivity index (χ3n) is 7.01. The lowest BCUT2D eigenvalue weighted by atomic mass is 9.96. The molecule has 8 nitrogen and oxygen atoms in total. The Balaban J connectivity index is 1.76.